The van der Waals surface area contributed by atoms with Gasteiger partial charge in [0, 0.05) is 6.54 Å². The largest absolute Gasteiger partial charge is 0.444 e. The number of nitrogens with two attached hydrogens (primary N) is 1. The van der Waals surface area contributed by atoms with E-state index in [4.69, 9.17) is 10.5 Å². The summed E-state index contributed by atoms with van der Waals surface area (Å²) in [5, 5.41) is 2.41. The fourth-order valence-corrected chi connectivity index (χ4v) is 0.651. The molecule has 0 aliphatic heterocycles. The predicted molar refractivity (Wildman–Crippen MR) is 52.9 cm³/mol. The fourth-order valence-electron chi connectivity index (χ4n) is 0.651. The highest BCUT2D eigenvalue weighted by Crippen LogP contribution is 2.06. The Bertz CT molecular complexity index is 221. The zero-order valence-electron chi connectivity index (χ0n) is 9.09. The molecule has 0 heterocycles. The first kappa shape index (κ1) is 12.9. The first-order valence-electron chi connectivity index (χ1n) is 4.45. The normalized spacial score (nSPS) is 13.2. The summed E-state index contributed by atoms with van der Waals surface area (Å²) in [5.74, 6) is -0.166. The van der Waals surface area contributed by atoms with Crippen LogP contribution in [-0.4, -0.2) is 30.1 Å². The third-order valence-corrected chi connectivity index (χ3v) is 1.39. The number of Topliss-reactive ketones (excluding diaryl/α,β-unsaturated/α-hetero) is 1. The number of rotatable bonds is 3. The van der Waals surface area contributed by atoms with Gasteiger partial charge in [0.1, 0.15) is 11.4 Å². The maximum Gasteiger partial charge on any atom is 0.407 e. The molecular formula is C9H18N2O3. The van der Waals surface area contributed by atoms with Crippen LogP contribution in [0.15, 0.2) is 0 Å². The van der Waals surface area contributed by atoms with Crippen molar-refractivity contribution in [3.63, 3.8) is 0 Å². The van der Waals surface area contributed by atoms with E-state index in [1.807, 2.05) is 0 Å². The SMILES string of the molecule is CC(=O)[C@H](N)CNC(=O)OC(C)(C)C. The van der Waals surface area contributed by atoms with Crippen LogP contribution in [0.3, 0.4) is 0 Å². The van der Waals surface area contributed by atoms with E-state index in [-0.39, 0.29) is 12.3 Å². The Morgan fingerprint density at radius 3 is 2.29 bits per heavy atom. The Labute approximate surface area is 84.0 Å². The fraction of sp³-hybridized carbons (Fsp3) is 0.778. The minimum atomic E-state index is -0.664. The molecule has 1 atom stereocenters. The molecule has 0 saturated carbocycles. The Morgan fingerprint density at radius 2 is 1.93 bits per heavy atom. The maximum atomic E-state index is 11.1. The van der Waals surface area contributed by atoms with Crippen molar-refractivity contribution in [1.29, 1.82) is 0 Å². The van der Waals surface area contributed by atoms with Crippen molar-refractivity contribution in [1.82, 2.24) is 5.32 Å². The lowest BCUT2D eigenvalue weighted by atomic mass is 10.2. The second-order valence-corrected chi connectivity index (χ2v) is 4.10. The van der Waals surface area contributed by atoms with Gasteiger partial charge in [0.25, 0.3) is 0 Å². The maximum absolute atomic E-state index is 11.1. The molecule has 0 aromatic rings. The summed E-state index contributed by atoms with van der Waals surface area (Å²) in [6.45, 7) is 6.76. The van der Waals surface area contributed by atoms with Crippen molar-refractivity contribution in [2.45, 2.75) is 39.3 Å². The summed E-state index contributed by atoms with van der Waals surface area (Å²) in [5.41, 5.74) is 4.87. The van der Waals surface area contributed by atoms with E-state index in [1.54, 1.807) is 20.8 Å². The second kappa shape index (κ2) is 4.95. The molecule has 0 aromatic heterocycles. The molecule has 5 heteroatoms. The van der Waals surface area contributed by atoms with Crippen molar-refractivity contribution in [3.05, 3.63) is 0 Å². The van der Waals surface area contributed by atoms with Crippen molar-refractivity contribution >= 4 is 11.9 Å². The van der Waals surface area contributed by atoms with Crippen molar-refractivity contribution < 1.29 is 14.3 Å². The molecule has 0 spiro atoms. The third kappa shape index (κ3) is 6.42. The number of carbonyl (C=O) groups is 2. The number of carbonyl (C=O) groups excluding carboxylic acids is 2. The number of ketones is 1. The smallest absolute Gasteiger partial charge is 0.407 e. The van der Waals surface area contributed by atoms with Gasteiger partial charge in [-0.15, -0.1) is 0 Å². The van der Waals surface area contributed by atoms with Gasteiger partial charge in [-0.2, -0.15) is 0 Å². The molecule has 0 aliphatic carbocycles. The molecular weight excluding hydrogens is 184 g/mol. The van der Waals surface area contributed by atoms with Crippen molar-refractivity contribution in [3.8, 4) is 0 Å². The van der Waals surface area contributed by atoms with Gasteiger partial charge in [-0.25, -0.2) is 4.79 Å². The van der Waals surface area contributed by atoms with Gasteiger partial charge in [0.2, 0.25) is 0 Å². The minimum Gasteiger partial charge on any atom is -0.444 e. The molecule has 0 aromatic carbocycles. The number of hydrogen-bond acceptors (Lipinski definition) is 4. The molecule has 82 valence electrons. The summed E-state index contributed by atoms with van der Waals surface area (Å²) >= 11 is 0. The highest BCUT2D eigenvalue weighted by Gasteiger charge is 2.17. The van der Waals surface area contributed by atoms with Crippen LogP contribution in [0.1, 0.15) is 27.7 Å². The van der Waals surface area contributed by atoms with E-state index in [9.17, 15) is 9.59 Å². The van der Waals surface area contributed by atoms with Gasteiger partial charge < -0.3 is 15.8 Å². The van der Waals surface area contributed by atoms with Crippen LogP contribution in [0.5, 0.6) is 0 Å². The van der Waals surface area contributed by atoms with Crippen LogP contribution in [0.4, 0.5) is 4.79 Å². The van der Waals surface area contributed by atoms with E-state index >= 15 is 0 Å². The summed E-state index contributed by atoms with van der Waals surface area (Å²) < 4.78 is 4.95. The Balaban J connectivity index is 3.81. The molecule has 0 aliphatic rings. The Hall–Kier alpha value is -1.10. The first-order chi connectivity index (χ1) is 6.22. The van der Waals surface area contributed by atoms with Gasteiger partial charge in [0.05, 0.1) is 6.04 Å². The lowest BCUT2D eigenvalue weighted by Crippen LogP contribution is -2.43. The topological polar surface area (TPSA) is 81.4 Å². The zero-order valence-corrected chi connectivity index (χ0v) is 9.09. The molecule has 1 amide bonds. The Morgan fingerprint density at radius 1 is 1.43 bits per heavy atom. The molecule has 0 saturated heterocycles. The molecule has 14 heavy (non-hydrogen) atoms. The Kier molecular flexibility index (Phi) is 4.56. The third-order valence-electron chi connectivity index (χ3n) is 1.39. The zero-order chi connectivity index (χ0) is 11.4. The molecule has 0 radical (unpaired) electrons. The van der Waals surface area contributed by atoms with Crippen LogP contribution < -0.4 is 11.1 Å². The number of alkyl carbamates (subject to hydrolysis) is 1. The number of nitrogens with one attached hydrogen (secondary N) is 1. The molecule has 0 bridgehead atoms. The van der Waals surface area contributed by atoms with Crippen LogP contribution in [0, 0.1) is 0 Å². The minimum absolute atomic E-state index is 0.101. The number of amides is 1. The summed E-state index contributed by atoms with van der Waals surface area (Å²) in [6, 6.07) is -0.664. The summed E-state index contributed by atoms with van der Waals surface area (Å²) in [6.07, 6.45) is -0.561. The average molecular weight is 202 g/mol. The van der Waals surface area contributed by atoms with E-state index in [1.165, 1.54) is 6.92 Å². The average Bonchev–Trinajstić information content (AvgIpc) is 1.96. The highest BCUT2D eigenvalue weighted by molar-refractivity contribution is 5.82. The van der Waals surface area contributed by atoms with Crippen molar-refractivity contribution in [2.24, 2.45) is 5.73 Å². The standard InChI is InChI=1S/C9H18N2O3/c1-6(12)7(10)5-11-8(13)14-9(2,3)4/h7H,5,10H2,1-4H3,(H,11,13)/t7-/m1/s1. The van der Waals surface area contributed by atoms with E-state index < -0.39 is 17.7 Å². The van der Waals surface area contributed by atoms with E-state index in [0.717, 1.165) is 0 Å². The highest BCUT2D eigenvalue weighted by atomic mass is 16.6. The van der Waals surface area contributed by atoms with Crippen LogP contribution in [0.25, 0.3) is 0 Å². The van der Waals surface area contributed by atoms with E-state index in [0.29, 0.717) is 0 Å². The summed E-state index contributed by atoms with van der Waals surface area (Å²) in [4.78, 5) is 21.8. The number of hydrogen-bond donors (Lipinski definition) is 2. The molecule has 0 fully saturated rings. The predicted octanol–water partition coefficient (Wildman–Crippen LogP) is 0.427. The van der Waals surface area contributed by atoms with Gasteiger partial charge >= 0.3 is 6.09 Å². The van der Waals surface area contributed by atoms with Gasteiger partial charge in [0.15, 0.2) is 0 Å². The summed E-state index contributed by atoms with van der Waals surface area (Å²) in [7, 11) is 0. The van der Waals surface area contributed by atoms with Crippen LogP contribution >= 0.6 is 0 Å². The van der Waals surface area contributed by atoms with Gasteiger partial charge in [-0.1, -0.05) is 0 Å². The molecule has 0 rings (SSSR count). The van der Waals surface area contributed by atoms with Crippen LogP contribution in [0.2, 0.25) is 0 Å². The lowest BCUT2D eigenvalue weighted by molar-refractivity contribution is -0.118. The van der Waals surface area contributed by atoms with E-state index in [2.05, 4.69) is 5.32 Å². The van der Waals surface area contributed by atoms with Crippen molar-refractivity contribution in [2.75, 3.05) is 6.54 Å². The van der Waals surface area contributed by atoms with Crippen LogP contribution in [-0.2, 0) is 9.53 Å². The number of ether oxygens (including phenoxy) is 1. The monoisotopic (exact) mass is 202 g/mol. The molecule has 3 N–H and O–H groups in total. The quantitative estimate of drug-likeness (QED) is 0.695. The molecule has 0 unspecified atom stereocenters. The lowest BCUT2D eigenvalue weighted by Gasteiger charge is -2.20. The second-order valence-electron chi connectivity index (χ2n) is 4.10. The molecule has 5 nitrogen and oxygen atoms in total. The van der Waals surface area contributed by atoms with Gasteiger partial charge in [-0.05, 0) is 27.7 Å². The first-order valence-corrected chi connectivity index (χ1v) is 4.45. The van der Waals surface area contributed by atoms with Gasteiger partial charge in [-0.3, -0.25) is 4.79 Å².